The van der Waals surface area contributed by atoms with Crippen molar-refractivity contribution in [1.82, 2.24) is 19.5 Å². The highest BCUT2D eigenvalue weighted by Gasteiger charge is 2.23. The Morgan fingerprint density at radius 3 is 1.92 bits per heavy atom. The first-order valence-electron chi connectivity index (χ1n) is 15.4. The van der Waals surface area contributed by atoms with Crippen molar-refractivity contribution in [3.05, 3.63) is 150 Å². The van der Waals surface area contributed by atoms with Crippen molar-refractivity contribution in [3.8, 4) is 45.9 Å². The quantitative estimate of drug-likeness (QED) is 0.184. The van der Waals surface area contributed by atoms with Gasteiger partial charge in [-0.2, -0.15) is 5.26 Å². The maximum atomic E-state index is 10.7. The Hall–Kier alpha value is -7.09. The van der Waals surface area contributed by atoms with Crippen LogP contribution < -0.4 is 0 Å². The maximum Gasteiger partial charge on any atom is 0.200 e. The zero-order chi connectivity index (χ0) is 32.2. The van der Waals surface area contributed by atoms with Crippen molar-refractivity contribution in [1.29, 1.82) is 5.26 Å². The number of furan rings is 1. The number of benzene rings is 6. The summed E-state index contributed by atoms with van der Waals surface area (Å²) in [6.45, 7) is 8.29. The lowest BCUT2D eigenvalue weighted by Crippen LogP contribution is -2.02. The molecule has 3 aromatic heterocycles. The van der Waals surface area contributed by atoms with Gasteiger partial charge in [-0.25, -0.2) is 19.8 Å². The molecule has 9 aromatic rings. The van der Waals surface area contributed by atoms with Gasteiger partial charge in [-0.05, 0) is 30.3 Å². The largest absolute Gasteiger partial charge is 0.454 e. The Kier molecular flexibility index (Phi) is 6.11. The first-order valence-corrected chi connectivity index (χ1v) is 15.4. The number of rotatable bonds is 4. The van der Waals surface area contributed by atoms with Crippen LogP contribution in [-0.2, 0) is 0 Å². The first-order chi connectivity index (χ1) is 23.7. The van der Waals surface area contributed by atoms with Gasteiger partial charge in [0.15, 0.2) is 28.7 Å². The second-order valence-electron chi connectivity index (χ2n) is 11.4. The van der Waals surface area contributed by atoms with Crippen molar-refractivity contribution in [2.24, 2.45) is 0 Å². The van der Waals surface area contributed by atoms with Crippen molar-refractivity contribution in [3.63, 3.8) is 0 Å². The van der Waals surface area contributed by atoms with E-state index in [9.17, 15) is 5.26 Å². The molecule has 0 aliphatic rings. The Balaban J connectivity index is 1.33. The number of nitrogens with zero attached hydrogens (tertiary/aromatic N) is 6. The summed E-state index contributed by atoms with van der Waals surface area (Å²) in [5.41, 5.74) is 6.60. The zero-order valence-electron chi connectivity index (χ0n) is 25.3. The molecular formula is C41H22N6O. The number of hydrogen-bond acceptors (Lipinski definition) is 5. The van der Waals surface area contributed by atoms with E-state index in [-0.39, 0.29) is 0 Å². The molecule has 0 aliphatic carbocycles. The predicted octanol–water partition coefficient (Wildman–Crippen LogP) is 10.3. The van der Waals surface area contributed by atoms with Gasteiger partial charge in [-0.3, -0.25) is 0 Å². The van der Waals surface area contributed by atoms with E-state index in [4.69, 9.17) is 25.9 Å². The average molecular weight is 615 g/mol. The minimum absolute atomic E-state index is 0.316. The number of hydrogen-bond donors (Lipinski definition) is 0. The molecule has 7 heteroatoms. The molecule has 0 bridgehead atoms. The van der Waals surface area contributed by atoms with Crippen LogP contribution >= 0.6 is 0 Å². The summed E-state index contributed by atoms with van der Waals surface area (Å²) in [5.74, 6) is 1.28. The minimum atomic E-state index is 0.316. The third-order valence-corrected chi connectivity index (χ3v) is 8.72. The number of para-hydroxylation sites is 2. The standard InChI is InChI=1S/C41H22N6O/c1-43-33-23-35(47-34-18-10-8-16-28(34)30-20-21-31-29-17-9-11-19-36(29)48-38(31)37(30)47)27(24-42)22-32(33)41-45-39(25-12-4-2-5-13-25)44-40(46-41)26-14-6-3-7-15-26/h2-23H. The van der Waals surface area contributed by atoms with E-state index in [1.165, 1.54) is 0 Å². The smallest absolute Gasteiger partial charge is 0.200 e. The van der Waals surface area contributed by atoms with Gasteiger partial charge in [0.2, 0.25) is 0 Å². The van der Waals surface area contributed by atoms with Crippen LogP contribution in [0, 0.1) is 17.9 Å². The Morgan fingerprint density at radius 1 is 0.625 bits per heavy atom. The van der Waals surface area contributed by atoms with Crippen molar-refractivity contribution in [2.75, 3.05) is 0 Å². The van der Waals surface area contributed by atoms with Gasteiger partial charge in [0.1, 0.15) is 11.7 Å². The molecule has 222 valence electrons. The molecule has 0 saturated carbocycles. The zero-order valence-corrected chi connectivity index (χ0v) is 25.3. The molecule has 0 amide bonds. The summed E-state index contributed by atoms with van der Waals surface area (Å²) in [5, 5.41) is 14.7. The molecule has 0 radical (unpaired) electrons. The lowest BCUT2D eigenvalue weighted by molar-refractivity contribution is 0.671. The van der Waals surface area contributed by atoms with Gasteiger partial charge in [0.25, 0.3) is 0 Å². The van der Waals surface area contributed by atoms with E-state index >= 15 is 0 Å². The van der Waals surface area contributed by atoms with E-state index in [1.807, 2.05) is 102 Å². The van der Waals surface area contributed by atoms with Crippen molar-refractivity contribution >= 4 is 49.4 Å². The molecule has 0 spiro atoms. The summed E-state index contributed by atoms with van der Waals surface area (Å²) in [6.07, 6.45) is 0. The minimum Gasteiger partial charge on any atom is -0.454 e. The molecule has 0 fully saturated rings. The highest BCUT2D eigenvalue weighted by Crippen LogP contribution is 2.42. The van der Waals surface area contributed by atoms with Crippen LogP contribution in [0.15, 0.2) is 138 Å². The fraction of sp³-hybridized carbons (Fsp3) is 0. The van der Waals surface area contributed by atoms with Gasteiger partial charge >= 0.3 is 0 Å². The molecule has 0 atom stereocenters. The second-order valence-corrected chi connectivity index (χ2v) is 11.4. The van der Waals surface area contributed by atoms with Gasteiger partial charge in [0, 0.05) is 38.2 Å². The second kappa shape index (κ2) is 10.8. The van der Waals surface area contributed by atoms with Crippen LogP contribution in [0.1, 0.15) is 5.56 Å². The first kappa shape index (κ1) is 27.2. The van der Waals surface area contributed by atoms with Crippen molar-refractivity contribution in [2.45, 2.75) is 0 Å². The van der Waals surface area contributed by atoms with E-state index in [1.54, 1.807) is 12.1 Å². The molecule has 3 heterocycles. The monoisotopic (exact) mass is 614 g/mol. The molecule has 0 unspecified atom stereocenters. The van der Waals surface area contributed by atoms with E-state index in [0.717, 1.165) is 54.9 Å². The van der Waals surface area contributed by atoms with Crippen LogP contribution in [0.2, 0.25) is 0 Å². The molecule has 6 aromatic carbocycles. The molecular weight excluding hydrogens is 592 g/mol. The summed E-state index contributed by atoms with van der Waals surface area (Å²) in [4.78, 5) is 18.4. The van der Waals surface area contributed by atoms with E-state index in [0.29, 0.717) is 40.0 Å². The highest BCUT2D eigenvalue weighted by atomic mass is 16.3. The molecule has 0 N–H and O–H groups in total. The van der Waals surface area contributed by atoms with Gasteiger partial charge in [-0.15, -0.1) is 0 Å². The molecule has 9 rings (SSSR count). The van der Waals surface area contributed by atoms with Crippen LogP contribution in [0.5, 0.6) is 0 Å². The van der Waals surface area contributed by atoms with E-state index in [2.05, 4.69) is 35.2 Å². The molecule has 7 nitrogen and oxygen atoms in total. The van der Waals surface area contributed by atoms with Gasteiger partial charge < -0.3 is 8.98 Å². The number of fused-ring (bicyclic) bond motifs is 7. The van der Waals surface area contributed by atoms with Gasteiger partial charge in [0.05, 0.1) is 28.9 Å². The lowest BCUT2D eigenvalue weighted by atomic mass is 10.0. The Bertz CT molecular complexity index is 2740. The molecule has 0 saturated heterocycles. The fourth-order valence-electron chi connectivity index (χ4n) is 6.53. The third-order valence-electron chi connectivity index (χ3n) is 8.72. The third kappa shape index (κ3) is 4.16. The average Bonchev–Trinajstić information content (AvgIpc) is 3.71. The van der Waals surface area contributed by atoms with Crippen LogP contribution in [-0.4, -0.2) is 19.5 Å². The SMILES string of the molecule is [C-]#[N+]c1cc(-n2c3ccccc3c3ccc4c5ccccc5oc4c32)c(C#N)cc1-c1nc(-c2ccccc2)nc(-c2ccccc2)n1. The lowest BCUT2D eigenvalue weighted by Gasteiger charge is -2.14. The number of nitriles is 1. The van der Waals surface area contributed by atoms with E-state index < -0.39 is 0 Å². The molecule has 48 heavy (non-hydrogen) atoms. The molecule has 0 aliphatic heterocycles. The number of aromatic nitrogens is 4. The van der Waals surface area contributed by atoms with Gasteiger partial charge in [-0.1, -0.05) is 103 Å². The fourth-order valence-corrected chi connectivity index (χ4v) is 6.53. The van der Waals surface area contributed by atoms with Crippen LogP contribution in [0.25, 0.3) is 88.4 Å². The predicted molar refractivity (Wildman–Crippen MR) is 189 cm³/mol. The normalized spacial score (nSPS) is 11.3. The Morgan fingerprint density at radius 2 is 1.23 bits per heavy atom. The van der Waals surface area contributed by atoms with Crippen LogP contribution in [0.4, 0.5) is 5.69 Å². The topological polar surface area (TPSA) is 84.9 Å². The maximum absolute atomic E-state index is 10.7. The Labute approximate surface area is 274 Å². The van der Waals surface area contributed by atoms with Crippen LogP contribution in [0.3, 0.4) is 0 Å². The summed E-state index contributed by atoms with van der Waals surface area (Å²) >= 11 is 0. The summed E-state index contributed by atoms with van der Waals surface area (Å²) < 4.78 is 8.55. The summed E-state index contributed by atoms with van der Waals surface area (Å²) in [7, 11) is 0. The highest BCUT2D eigenvalue weighted by molar-refractivity contribution is 6.21. The summed E-state index contributed by atoms with van der Waals surface area (Å²) in [6, 6.07) is 45.5. The van der Waals surface area contributed by atoms with Crippen molar-refractivity contribution < 1.29 is 4.42 Å².